The number of imidazole rings is 1. The first-order valence-corrected chi connectivity index (χ1v) is 10.2. The zero-order valence-electron chi connectivity index (χ0n) is 18.5. The minimum Gasteiger partial charge on any atom is -0.471 e. The van der Waals surface area contributed by atoms with Crippen molar-refractivity contribution in [2.75, 3.05) is 25.0 Å². The molecule has 1 amide bonds. The topological polar surface area (TPSA) is 85.6 Å². The summed E-state index contributed by atoms with van der Waals surface area (Å²) in [5.74, 6) is 1.29. The van der Waals surface area contributed by atoms with E-state index in [1.807, 2.05) is 27.8 Å². The molecule has 2 aromatic heterocycles. The van der Waals surface area contributed by atoms with E-state index in [4.69, 9.17) is 14.5 Å². The minimum atomic E-state index is -0.513. The molecule has 1 aliphatic rings. The minimum absolute atomic E-state index is 0.154. The fourth-order valence-electron chi connectivity index (χ4n) is 3.26. The molecule has 160 valence electrons. The number of carbonyl (C=O) groups is 1. The lowest BCUT2D eigenvalue weighted by Crippen LogP contribution is -2.36. The fourth-order valence-corrected chi connectivity index (χ4v) is 3.26. The van der Waals surface area contributed by atoms with E-state index in [0.717, 1.165) is 24.6 Å². The molecule has 0 aliphatic carbocycles. The maximum Gasteiger partial charge on any atom is 0.410 e. The molecule has 0 radical (unpaired) electrons. The van der Waals surface area contributed by atoms with Gasteiger partial charge in [0.05, 0.1) is 6.54 Å². The highest BCUT2D eigenvalue weighted by Gasteiger charge is 2.32. The molecule has 0 spiro atoms. The molecule has 3 rings (SSSR count). The van der Waals surface area contributed by atoms with Crippen LogP contribution in [-0.2, 0) is 11.3 Å². The van der Waals surface area contributed by atoms with Crippen LogP contribution >= 0.6 is 0 Å². The Balaban J connectivity index is 1.80. The number of rotatable bonds is 5. The first kappa shape index (κ1) is 21.1. The van der Waals surface area contributed by atoms with Gasteiger partial charge in [0.25, 0.3) is 0 Å². The number of fused-ring (bicyclic) bond motifs is 1. The van der Waals surface area contributed by atoms with Gasteiger partial charge >= 0.3 is 6.09 Å². The summed E-state index contributed by atoms with van der Waals surface area (Å²) in [6, 6.07) is 0.298. The molecule has 29 heavy (non-hydrogen) atoms. The average Bonchev–Trinajstić information content (AvgIpc) is 3.24. The fraction of sp³-hybridized carbons (Fsp3) is 0.700. The smallest absolute Gasteiger partial charge is 0.410 e. The molecule has 1 aliphatic heterocycles. The van der Waals surface area contributed by atoms with Gasteiger partial charge in [-0.1, -0.05) is 0 Å². The van der Waals surface area contributed by atoms with Crippen LogP contribution < -0.4 is 9.64 Å². The van der Waals surface area contributed by atoms with E-state index in [1.54, 1.807) is 4.90 Å². The Morgan fingerprint density at radius 2 is 2.07 bits per heavy atom. The molecular formula is C20H32N6O3. The van der Waals surface area contributed by atoms with Gasteiger partial charge in [0, 0.05) is 32.6 Å². The van der Waals surface area contributed by atoms with Gasteiger partial charge in [-0.3, -0.25) is 4.57 Å². The highest BCUT2D eigenvalue weighted by Crippen LogP contribution is 2.28. The summed E-state index contributed by atoms with van der Waals surface area (Å²) in [7, 11) is 2.02. The molecule has 1 saturated heterocycles. The van der Waals surface area contributed by atoms with Crippen molar-refractivity contribution in [2.24, 2.45) is 0 Å². The molecule has 0 saturated carbocycles. The second-order valence-corrected chi connectivity index (χ2v) is 8.67. The molecule has 0 aromatic carbocycles. The normalized spacial score (nSPS) is 17.2. The number of hydrogen-bond donors (Lipinski definition) is 0. The quantitative estimate of drug-likeness (QED) is 0.757. The zero-order valence-corrected chi connectivity index (χ0v) is 18.5. The summed E-state index contributed by atoms with van der Waals surface area (Å²) in [5.41, 5.74) is 0.885. The van der Waals surface area contributed by atoms with E-state index in [0.29, 0.717) is 30.5 Å². The molecule has 1 atom stereocenters. The van der Waals surface area contributed by atoms with Crippen LogP contribution in [0.3, 0.4) is 0 Å². The predicted molar refractivity (Wildman–Crippen MR) is 111 cm³/mol. The van der Waals surface area contributed by atoms with E-state index < -0.39 is 5.60 Å². The van der Waals surface area contributed by atoms with Gasteiger partial charge in [0.15, 0.2) is 11.2 Å². The van der Waals surface area contributed by atoms with Crippen molar-refractivity contribution in [1.82, 2.24) is 24.4 Å². The molecular weight excluding hydrogens is 372 g/mol. The van der Waals surface area contributed by atoms with Crippen LogP contribution in [0.5, 0.6) is 5.88 Å². The van der Waals surface area contributed by atoms with Gasteiger partial charge < -0.3 is 19.3 Å². The molecule has 9 heteroatoms. The van der Waals surface area contributed by atoms with Crippen LogP contribution in [0.4, 0.5) is 10.7 Å². The van der Waals surface area contributed by atoms with Crippen LogP contribution in [0.15, 0.2) is 6.33 Å². The lowest BCUT2D eigenvalue weighted by Gasteiger charge is -2.24. The summed E-state index contributed by atoms with van der Waals surface area (Å²) in [4.78, 5) is 29.6. The predicted octanol–water partition coefficient (Wildman–Crippen LogP) is 3.08. The van der Waals surface area contributed by atoms with Crippen LogP contribution in [-0.4, -0.2) is 68.4 Å². The van der Waals surface area contributed by atoms with Gasteiger partial charge in [-0.15, -0.1) is 0 Å². The Morgan fingerprint density at radius 1 is 1.34 bits per heavy atom. The van der Waals surface area contributed by atoms with Crippen LogP contribution in [0, 0.1) is 0 Å². The number of aryl methyl sites for hydroxylation is 1. The largest absolute Gasteiger partial charge is 0.471 e. The molecule has 2 aromatic rings. The first-order valence-electron chi connectivity index (χ1n) is 10.2. The Hall–Kier alpha value is -2.58. The van der Waals surface area contributed by atoms with Crippen molar-refractivity contribution in [3.8, 4) is 5.88 Å². The van der Waals surface area contributed by atoms with Crippen LogP contribution in [0.2, 0.25) is 0 Å². The third-order valence-electron chi connectivity index (χ3n) is 4.96. The van der Waals surface area contributed by atoms with Gasteiger partial charge in [0.2, 0.25) is 11.8 Å². The number of nitrogens with zero attached hydrogens (tertiary/aromatic N) is 6. The Morgan fingerprint density at radius 3 is 2.69 bits per heavy atom. The SMILES string of the molecule is CCn1c(N(C)C(C)C)nc2c(OC3CCN(C(=O)OC(C)(C)C)C3)ncnc21. The van der Waals surface area contributed by atoms with E-state index in [9.17, 15) is 4.79 Å². The summed E-state index contributed by atoms with van der Waals surface area (Å²) < 4.78 is 13.7. The van der Waals surface area contributed by atoms with E-state index in [-0.39, 0.29) is 12.2 Å². The van der Waals surface area contributed by atoms with Gasteiger partial charge in [-0.25, -0.2) is 14.8 Å². The van der Waals surface area contributed by atoms with Crippen molar-refractivity contribution in [3.05, 3.63) is 6.33 Å². The van der Waals surface area contributed by atoms with Gasteiger partial charge in [0.1, 0.15) is 18.0 Å². The molecule has 1 fully saturated rings. The summed E-state index contributed by atoms with van der Waals surface area (Å²) in [6.45, 7) is 13.7. The number of ether oxygens (including phenoxy) is 2. The lowest BCUT2D eigenvalue weighted by atomic mass is 10.2. The van der Waals surface area contributed by atoms with E-state index in [2.05, 4.69) is 40.2 Å². The van der Waals surface area contributed by atoms with Gasteiger partial charge in [-0.05, 0) is 41.5 Å². The van der Waals surface area contributed by atoms with Crippen molar-refractivity contribution < 1.29 is 14.3 Å². The molecule has 1 unspecified atom stereocenters. The average molecular weight is 405 g/mol. The number of amides is 1. The molecule has 9 nitrogen and oxygen atoms in total. The van der Waals surface area contributed by atoms with Crippen molar-refractivity contribution in [1.29, 1.82) is 0 Å². The Labute approximate surface area is 172 Å². The number of likely N-dealkylation sites (tertiary alicyclic amines) is 1. The monoisotopic (exact) mass is 404 g/mol. The van der Waals surface area contributed by atoms with Crippen LogP contribution in [0.1, 0.15) is 48.0 Å². The third kappa shape index (κ3) is 4.54. The number of carbonyl (C=O) groups excluding carboxylic acids is 1. The standard InChI is InChI=1S/C20H32N6O3/c1-8-26-16-15(23-18(26)24(7)13(2)3)17(22-12-21-16)28-14-9-10-25(11-14)19(27)29-20(4,5)6/h12-14H,8-11H2,1-7H3. The van der Waals surface area contributed by atoms with Crippen molar-refractivity contribution in [2.45, 2.75) is 72.3 Å². The third-order valence-corrected chi connectivity index (χ3v) is 4.96. The Kier molecular flexibility index (Phi) is 5.86. The second kappa shape index (κ2) is 8.04. The highest BCUT2D eigenvalue weighted by molar-refractivity contribution is 5.79. The molecule has 0 bridgehead atoms. The van der Waals surface area contributed by atoms with Crippen LogP contribution in [0.25, 0.3) is 11.2 Å². The first-order chi connectivity index (χ1) is 13.6. The van der Waals surface area contributed by atoms with Crippen molar-refractivity contribution in [3.63, 3.8) is 0 Å². The van der Waals surface area contributed by atoms with E-state index in [1.165, 1.54) is 6.33 Å². The zero-order chi connectivity index (χ0) is 21.3. The molecule has 3 heterocycles. The number of hydrogen-bond acceptors (Lipinski definition) is 7. The number of aromatic nitrogens is 4. The highest BCUT2D eigenvalue weighted by atomic mass is 16.6. The maximum atomic E-state index is 12.3. The van der Waals surface area contributed by atoms with Gasteiger partial charge in [-0.2, -0.15) is 4.98 Å². The lowest BCUT2D eigenvalue weighted by molar-refractivity contribution is 0.0275. The van der Waals surface area contributed by atoms with E-state index >= 15 is 0 Å². The summed E-state index contributed by atoms with van der Waals surface area (Å²) >= 11 is 0. The maximum absolute atomic E-state index is 12.3. The number of anilines is 1. The second-order valence-electron chi connectivity index (χ2n) is 8.67. The molecule has 0 N–H and O–H groups in total. The van der Waals surface area contributed by atoms with Crippen molar-refractivity contribution >= 4 is 23.2 Å². The summed E-state index contributed by atoms with van der Waals surface area (Å²) in [6.07, 6.45) is 1.76. The summed E-state index contributed by atoms with van der Waals surface area (Å²) in [5, 5.41) is 0. The Bertz CT molecular complexity index is 873.